The van der Waals surface area contributed by atoms with Crippen molar-refractivity contribution < 1.29 is 14.3 Å². The van der Waals surface area contributed by atoms with E-state index < -0.39 is 0 Å². The molecule has 0 saturated heterocycles. The second kappa shape index (κ2) is 8.58. The van der Waals surface area contributed by atoms with E-state index in [9.17, 15) is 4.79 Å². The number of rotatable bonds is 8. The third kappa shape index (κ3) is 5.72. The molecule has 0 fully saturated rings. The first-order valence-corrected chi connectivity index (χ1v) is 6.85. The maximum atomic E-state index is 10.8. The standard InChI is InChI=1S/C13H19NO3S/c1-16-13(15)5-3-2-4-7-17-9-12(14)11-6-8-18-10-11/h6,8-10H,2-5,7,14H2,1H3/b12-9-. The Balaban J connectivity index is 2.05. The topological polar surface area (TPSA) is 61.5 Å². The van der Waals surface area contributed by atoms with E-state index in [1.165, 1.54) is 7.11 Å². The van der Waals surface area contributed by atoms with Crippen molar-refractivity contribution in [1.29, 1.82) is 0 Å². The Morgan fingerprint density at radius 2 is 2.28 bits per heavy atom. The first-order chi connectivity index (χ1) is 8.74. The summed E-state index contributed by atoms with van der Waals surface area (Å²) in [5, 5.41) is 3.95. The number of carbonyl (C=O) groups is 1. The highest BCUT2D eigenvalue weighted by Crippen LogP contribution is 2.12. The molecule has 1 rings (SSSR count). The molecule has 1 heterocycles. The van der Waals surface area contributed by atoms with Crippen LogP contribution in [0.1, 0.15) is 31.2 Å². The highest BCUT2D eigenvalue weighted by molar-refractivity contribution is 7.08. The Kier molecular flexibility index (Phi) is 6.94. The zero-order valence-electron chi connectivity index (χ0n) is 10.6. The van der Waals surface area contributed by atoms with Crippen LogP contribution in [0.2, 0.25) is 0 Å². The van der Waals surface area contributed by atoms with Crippen molar-refractivity contribution in [3.05, 3.63) is 28.7 Å². The number of esters is 1. The molecule has 0 saturated carbocycles. The van der Waals surface area contributed by atoms with Crippen LogP contribution < -0.4 is 5.73 Å². The summed E-state index contributed by atoms with van der Waals surface area (Å²) in [6, 6.07) is 1.95. The van der Waals surface area contributed by atoms with Crippen molar-refractivity contribution in [1.82, 2.24) is 0 Å². The number of hydrogen-bond donors (Lipinski definition) is 1. The van der Waals surface area contributed by atoms with Crippen molar-refractivity contribution in [2.24, 2.45) is 5.73 Å². The molecule has 0 aliphatic heterocycles. The summed E-state index contributed by atoms with van der Waals surface area (Å²) in [7, 11) is 1.41. The van der Waals surface area contributed by atoms with Crippen molar-refractivity contribution in [3.63, 3.8) is 0 Å². The lowest BCUT2D eigenvalue weighted by atomic mass is 10.2. The molecule has 0 spiro atoms. The summed E-state index contributed by atoms with van der Waals surface area (Å²) in [6.45, 7) is 0.617. The Bertz CT molecular complexity index is 374. The molecule has 2 N–H and O–H groups in total. The third-order valence-corrected chi connectivity index (χ3v) is 3.12. The summed E-state index contributed by atoms with van der Waals surface area (Å²) >= 11 is 1.60. The second-order valence-corrected chi connectivity index (χ2v) is 4.62. The Hall–Kier alpha value is -1.49. The molecule has 0 atom stereocenters. The van der Waals surface area contributed by atoms with Gasteiger partial charge in [-0.25, -0.2) is 0 Å². The van der Waals surface area contributed by atoms with E-state index in [-0.39, 0.29) is 5.97 Å². The lowest BCUT2D eigenvalue weighted by molar-refractivity contribution is -0.140. The van der Waals surface area contributed by atoms with Gasteiger partial charge in [0.15, 0.2) is 0 Å². The van der Waals surface area contributed by atoms with E-state index in [1.54, 1.807) is 17.6 Å². The maximum Gasteiger partial charge on any atom is 0.305 e. The zero-order valence-corrected chi connectivity index (χ0v) is 11.4. The number of ether oxygens (including phenoxy) is 2. The predicted molar refractivity (Wildman–Crippen MR) is 72.9 cm³/mol. The number of methoxy groups -OCH3 is 1. The van der Waals surface area contributed by atoms with Crippen LogP contribution in [-0.4, -0.2) is 19.7 Å². The third-order valence-electron chi connectivity index (χ3n) is 2.44. The lowest BCUT2D eigenvalue weighted by Crippen LogP contribution is -2.00. The van der Waals surface area contributed by atoms with Gasteiger partial charge < -0.3 is 15.2 Å². The molecule has 0 radical (unpaired) electrons. The van der Waals surface area contributed by atoms with Gasteiger partial charge in [0.1, 0.15) is 6.26 Å². The molecule has 1 aromatic heterocycles. The van der Waals surface area contributed by atoms with E-state index in [0.717, 1.165) is 24.8 Å². The fourth-order valence-corrected chi connectivity index (χ4v) is 2.04. The van der Waals surface area contributed by atoms with Gasteiger partial charge in [0.25, 0.3) is 0 Å². The van der Waals surface area contributed by atoms with Gasteiger partial charge in [0.05, 0.1) is 19.4 Å². The van der Waals surface area contributed by atoms with Gasteiger partial charge in [0.2, 0.25) is 0 Å². The molecular weight excluding hydrogens is 250 g/mol. The largest absolute Gasteiger partial charge is 0.499 e. The van der Waals surface area contributed by atoms with Crippen molar-refractivity contribution >= 4 is 23.0 Å². The Labute approximate surface area is 111 Å². The van der Waals surface area contributed by atoms with Gasteiger partial charge in [-0.3, -0.25) is 4.79 Å². The Morgan fingerprint density at radius 1 is 1.44 bits per heavy atom. The molecule has 0 aliphatic carbocycles. The molecule has 0 amide bonds. The van der Waals surface area contributed by atoms with Crippen LogP contribution in [0, 0.1) is 0 Å². The summed E-state index contributed by atoms with van der Waals surface area (Å²) in [4.78, 5) is 10.8. The number of thiophene rings is 1. The van der Waals surface area contributed by atoms with Gasteiger partial charge in [0, 0.05) is 17.4 Å². The van der Waals surface area contributed by atoms with E-state index in [4.69, 9.17) is 10.5 Å². The minimum absolute atomic E-state index is 0.155. The van der Waals surface area contributed by atoms with Crippen LogP contribution in [0.25, 0.3) is 5.70 Å². The maximum absolute atomic E-state index is 10.8. The van der Waals surface area contributed by atoms with E-state index in [2.05, 4.69) is 4.74 Å². The fourth-order valence-electron chi connectivity index (χ4n) is 1.38. The number of unbranched alkanes of at least 4 members (excludes halogenated alkanes) is 2. The van der Waals surface area contributed by atoms with Crippen LogP contribution in [0.5, 0.6) is 0 Å². The van der Waals surface area contributed by atoms with Crippen molar-refractivity contribution in [2.45, 2.75) is 25.7 Å². The summed E-state index contributed by atoms with van der Waals surface area (Å²) in [5.74, 6) is -0.155. The highest BCUT2D eigenvalue weighted by Gasteiger charge is 1.99. The molecule has 0 aliphatic rings. The molecular formula is C13H19NO3S. The normalized spacial score (nSPS) is 11.3. The molecule has 1 aromatic rings. The van der Waals surface area contributed by atoms with E-state index in [0.29, 0.717) is 18.7 Å². The molecule has 100 valence electrons. The summed E-state index contributed by atoms with van der Waals surface area (Å²) in [6.07, 6.45) is 4.75. The quantitative estimate of drug-likeness (QED) is 0.448. The fraction of sp³-hybridized carbons (Fsp3) is 0.462. The Morgan fingerprint density at radius 3 is 2.94 bits per heavy atom. The average Bonchev–Trinajstić information content (AvgIpc) is 2.91. The monoisotopic (exact) mass is 269 g/mol. The smallest absolute Gasteiger partial charge is 0.305 e. The molecule has 0 unspecified atom stereocenters. The minimum atomic E-state index is -0.155. The van der Waals surface area contributed by atoms with Crippen LogP contribution in [-0.2, 0) is 14.3 Å². The van der Waals surface area contributed by atoms with Crippen LogP contribution in [0.4, 0.5) is 0 Å². The van der Waals surface area contributed by atoms with Gasteiger partial charge in [-0.05, 0) is 30.7 Å². The molecule has 0 aromatic carbocycles. The lowest BCUT2D eigenvalue weighted by Gasteiger charge is -2.03. The van der Waals surface area contributed by atoms with Gasteiger partial charge in [-0.2, -0.15) is 11.3 Å². The van der Waals surface area contributed by atoms with Crippen molar-refractivity contribution in [3.8, 4) is 0 Å². The number of nitrogens with two attached hydrogens (primary N) is 1. The molecule has 4 nitrogen and oxygen atoms in total. The average molecular weight is 269 g/mol. The van der Waals surface area contributed by atoms with Crippen LogP contribution >= 0.6 is 11.3 Å². The van der Waals surface area contributed by atoms with Crippen LogP contribution in [0.15, 0.2) is 23.1 Å². The summed E-state index contributed by atoms with van der Waals surface area (Å²) in [5.41, 5.74) is 7.46. The first kappa shape index (κ1) is 14.6. The van der Waals surface area contributed by atoms with Crippen molar-refractivity contribution in [2.75, 3.05) is 13.7 Å². The minimum Gasteiger partial charge on any atom is -0.499 e. The zero-order chi connectivity index (χ0) is 13.2. The molecule has 18 heavy (non-hydrogen) atoms. The first-order valence-electron chi connectivity index (χ1n) is 5.90. The van der Waals surface area contributed by atoms with Gasteiger partial charge in [-0.15, -0.1) is 0 Å². The SMILES string of the molecule is COC(=O)CCCCCO/C=C(\N)c1ccsc1. The van der Waals surface area contributed by atoms with Gasteiger partial charge in [-0.1, -0.05) is 0 Å². The predicted octanol–water partition coefficient (Wildman–Crippen LogP) is 2.76. The second-order valence-electron chi connectivity index (χ2n) is 3.84. The molecule has 0 bridgehead atoms. The van der Waals surface area contributed by atoms with Crippen LogP contribution in [0.3, 0.4) is 0 Å². The number of carbonyl (C=O) groups excluding carboxylic acids is 1. The van der Waals surface area contributed by atoms with E-state index in [1.807, 2.05) is 16.8 Å². The summed E-state index contributed by atoms with van der Waals surface area (Å²) < 4.78 is 9.91. The van der Waals surface area contributed by atoms with E-state index >= 15 is 0 Å². The number of hydrogen-bond acceptors (Lipinski definition) is 5. The molecule has 5 heteroatoms. The highest BCUT2D eigenvalue weighted by atomic mass is 32.1. The van der Waals surface area contributed by atoms with Gasteiger partial charge >= 0.3 is 5.97 Å².